The molecule has 6 heterocycles. The van der Waals surface area contributed by atoms with Gasteiger partial charge >= 0.3 is 0 Å². The highest BCUT2D eigenvalue weighted by Gasteiger charge is 2.21. The van der Waals surface area contributed by atoms with Crippen molar-refractivity contribution in [3.63, 3.8) is 0 Å². The zero-order valence-electron chi connectivity index (χ0n) is 20.1. The van der Waals surface area contributed by atoms with Crippen LogP contribution in [0.25, 0.3) is 15.3 Å². The summed E-state index contributed by atoms with van der Waals surface area (Å²) < 4.78 is 3.43. The van der Waals surface area contributed by atoms with E-state index in [-0.39, 0.29) is 18.4 Å². The van der Waals surface area contributed by atoms with E-state index in [1.54, 1.807) is 52.1 Å². The molecule has 1 aliphatic rings. The van der Waals surface area contributed by atoms with Gasteiger partial charge in [0.1, 0.15) is 4.83 Å². The highest BCUT2D eigenvalue weighted by Crippen LogP contribution is 2.30. The number of carbonyl (C=O) groups excluding carboxylic acids is 2. The Bertz CT molecular complexity index is 1630. The highest BCUT2D eigenvalue weighted by molar-refractivity contribution is 7.21. The fourth-order valence-corrected chi connectivity index (χ4v) is 6.14. The van der Waals surface area contributed by atoms with Gasteiger partial charge < -0.3 is 10.6 Å². The Hall–Kier alpha value is -3.94. The molecule has 0 unspecified atom stereocenters. The van der Waals surface area contributed by atoms with Crippen LogP contribution in [0, 0.1) is 6.92 Å². The lowest BCUT2D eigenvalue weighted by molar-refractivity contribution is -0.117. The smallest absolute Gasteiger partial charge is 0.260 e. The van der Waals surface area contributed by atoms with E-state index in [0.29, 0.717) is 22.6 Å². The van der Waals surface area contributed by atoms with E-state index in [9.17, 15) is 9.59 Å². The van der Waals surface area contributed by atoms with Gasteiger partial charge in [-0.2, -0.15) is 10.2 Å². The number of carbonyl (C=O) groups is 2. The molecule has 0 atom stereocenters. The summed E-state index contributed by atoms with van der Waals surface area (Å²) in [6.45, 7) is 3.61. The van der Waals surface area contributed by atoms with E-state index in [1.807, 2.05) is 25.0 Å². The van der Waals surface area contributed by atoms with Gasteiger partial charge in [0.25, 0.3) is 5.91 Å². The van der Waals surface area contributed by atoms with E-state index < -0.39 is 0 Å². The van der Waals surface area contributed by atoms with Gasteiger partial charge in [-0.25, -0.2) is 9.50 Å². The van der Waals surface area contributed by atoms with Crippen molar-refractivity contribution in [1.82, 2.24) is 34.3 Å². The van der Waals surface area contributed by atoms with Gasteiger partial charge in [-0.05, 0) is 13.0 Å². The second kappa shape index (κ2) is 9.50. The van der Waals surface area contributed by atoms with Crippen molar-refractivity contribution in [2.24, 2.45) is 7.05 Å². The third-order valence-corrected chi connectivity index (χ3v) is 8.19. The Morgan fingerprint density at radius 2 is 2.00 bits per heavy atom. The number of aromatic nitrogens is 6. The maximum absolute atomic E-state index is 13.2. The van der Waals surface area contributed by atoms with Crippen LogP contribution >= 0.6 is 22.7 Å². The molecule has 13 heteroatoms. The van der Waals surface area contributed by atoms with Crippen molar-refractivity contribution < 1.29 is 9.59 Å². The van der Waals surface area contributed by atoms with Gasteiger partial charge in [0.2, 0.25) is 5.91 Å². The number of hydrogen-bond donors (Lipinski definition) is 2. The van der Waals surface area contributed by atoms with E-state index in [1.165, 1.54) is 16.2 Å². The largest absolute Gasteiger partial charge is 0.324 e. The molecule has 0 radical (unpaired) electrons. The summed E-state index contributed by atoms with van der Waals surface area (Å²) in [6, 6.07) is 1.73. The normalized spacial score (nSPS) is 13.6. The first-order valence-electron chi connectivity index (χ1n) is 11.6. The molecule has 2 N–H and O–H groups in total. The molecule has 5 aromatic rings. The molecule has 1 aliphatic heterocycles. The molecule has 0 saturated heterocycles. The summed E-state index contributed by atoms with van der Waals surface area (Å²) in [5.74, 6) is -0.424. The van der Waals surface area contributed by atoms with Crippen LogP contribution < -0.4 is 10.6 Å². The molecule has 11 nitrogen and oxygen atoms in total. The van der Waals surface area contributed by atoms with Crippen LogP contribution in [0.1, 0.15) is 26.6 Å². The monoisotopic (exact) mass is 533 g/mol. The van der Waals surface area contributed by atoms with Crippen molar-refractivity contribution in [3.8, 4) is 10.4 Å². The molecule has 6 rings (SSSR count). The number of aryl methyl sites for hydroxylation is 2. The van der Waals surface area contributed by atoms with Gasteiger partial charge in [-0.3, -0.25) is 24.2 Å². The molecule has 0 bridgehead atoms. The van der Waals surface area contributed by atoms with E-state index in [0.717, 1.165) is 40.5 Å². The summed E-state index contributed by atoms with van der Waals surface area (Å²) >= 11 is 3.10. The molecule has 0 fully saturated rings. The van der Waals surface area contributed by atoms with Crippen molar-refractivity contribution in [2.45, 2.75) is 19.9 Å². The first kappa shape index (κ1) is 23.5. The highest BCUT2D eigenvalue weighted by atomic mass is 32.1. The lowest BCUT2D eigenvalue weighted by Crippen LogP contribution is -2.36. The molecule has 0 spiro atoms. The van der Waals surface area contributed by atoms with E-state index in [4.69, 9.17) is 0 Å². The zero-order chi connectivity index (χ0) is 25.5. The molecular weight excluding hydrogens is 510 g/mol. The third-order valence-electron chi connectivity index (χ3n) is 6.17. The second-order valence-corrected chi connectivity index (χ2v) is 10.8. The number of fused-ring (bicyclic) bond motifs is 2. The predicted octanol–water partition coefficient (Wildman–Crippen LogP) is 3.21. The molecule has 188 valence electrons. The standard InChI is InChI=1S/C24H23N9O2S2/c1-14-19(5-16(7-25-14)29-22(34)12-32-4-3-18-21(10-32)36-13-26-18)30-23(35)17-8-28-33-11-20(37-24(17)33)15-6-27-31(2)9-15/h5-9,11,13H,3-4,10,12H2,1-2H3,(H,29,34)(H,30,35). The maximum Gasteiger partial charge on any atom is 0.260 e. The molecule has 2 amide bonds. The van der Waals surface area contributed by atoms with Gasteiger partial charge in [-0.1, -0.05) is 0 Å². The zero-order valence-corrected chi connectivity index (χ0v) is 21.8. The number of pyridine rings is 1. The average molecular weight is 534 g/mol. The van der Waals surface area contributed by atoms with Crippen LogP contribution in [0.4, 0.5) is 11.4 Å². The van der Waals surface area contributed by atoms with Crippen LogP contribution in [0.3, 0.4) is 0 Å². The summed E-state index contributed by atoms with van der Waals surface area (Å²) in [5, 5.41) is 14.4. The maximum atomic E-state index is 13.2. The van der Waals surface area contributed by atoms with Gasteiger partial charge in [-0.15, -0.1) is 22.7 Å². The van der Waals surface area contributed by atoms with Gasteiger partial charge in [0.15, 0.2) is 0 Å². The average Bonchev–Trinajstić information content (AvgIpc) is 3.64. The van der Waals surface area contributed by atoms with E-state index in [2.05, 4.69) is 35.7 Å². The summed E-state index contributed by atoms with van der Waals surface area (Å²) in [5.41, 5.74) is 6.11. The van der Waals surface area contributed by atoms with Crippen LogP contribution in [0.15, 0.2) is 42.6 Å². The van der Waals surface area contributed by atoms with Crippen molar-refractivity contribution in [1.29, 1.82) is 0 Å². The summed E-state index contributed by atoms with van der Waals surface area (Å²) in [7, 11) is 1.86. The Balaban J connectivity index is 1.14. The summed E-state index contributed by atoms with van der Waals surface area (Å²) in [6.07, 6.45) is 9.58. The van der Waals surface area contributed by atoms with Gasteiger partial charge in [0.05, 0.1) is 63.8 Å². The number of rotatable bonds is 6. The first-order chi connectivity index (χ1) is 17.9. The third kappa shape index (κ3) is 4.75. The predicted molar refractivity (Wildman–Crippen MR) is 142 cm³/mol. The minimum absolute atomic E-state index is 0.129. The topological polar surface area (TPSA) is 122 Å². The van der Waals surface area contributed by atoms with Crippen molar-refractivity contribution in [2.75, 3.05) is 23.7 Å². The van der Waals surface area contributed by atoms with E-state index >= 15 is 0 Å². The SMILES string of the molecule is Cc1ncc(NC(=O)CN2CCc3ncsc3C2)cc1NC(=O)c1cnn2cc(-c3cnn(C)c3)sc12. The number of amides is 2. The fraction of sp³-hybridized carbons (Fsp3) is 0.250. The number of nitrogens with one attached hydrogen (secondary N) is 2. The van der Waals surface area contributed by atoms with Crippen LogP contribution in [-0.4, -0.2) is 59.2 Å². The summed E-state index contributed by atoms with van der Waals surface area (Å²) in [4.78, 5) is 39.6. The Morgan fingerprint density at radius 1 is 1.11 bits per heavy atom. The number of anilines is 2. The van der Waals surface area contributed by atoms with Crippen molar-refractivity contribution >= 4 is 50.7 Å². The first-order valence-corrected chi connectivity index (χ1v) is 13.3. The molecule has 0 aromatic carbocycles. The lowest BCUT2D eigenvalue weighted by atomic mass is 10.2. The second-order valence-electron chi connectivity index (χ2n) is 8.85. The molecule has 0 saturated carbocycles. The number of nitrogens with zero attached hydrogens (tertiary/aromatic N) is 7. The molecular formula is C24H23N9O2S2. The Kier molecular flexibility index (Phi) is 6.02. The van der Waals surface area contributed by atoms with Crippen molar-refractivity contribution in [3.05, 3.63) is 64.4 Å². The molecule has 0 aliphatic carbocycles. The Labute approximate surface area is 219 Å². The van der Waals surface area contributed by atoms with Crippen LogP contribution in [0.5, 0.6) is 0 Å². The van der Waals surface area contributed by atoms with Gasteiger partial charge in [0, 0.05) is 49.4 Å². The molecule has 5 aromatic heterocycles. The van der Waals surface area contributed by atoms with Crippen LogP contribution in [0.2, 0.25) is 0 Å². The Morgan fingerprint density at radius 3 is 2.84 bits per heavy atom. The minimum Gasteiger partial charge on any atom is -0.324 e. The number of thiazole rings is 2. The minimum atomic E-state index is -0.295. The van der Waals surface area contributed by atoms with Crippen LogP contribution in [-0.2, 0) is 24.8 Å². The molecule has 37 heavy (non-hydrogen) atoms. The fourth-order valence-electron chi connectivity index (χ4n) is 4.25. The quantitative estimate of drug-likeness (QED) is 0.344. The number of hydrogen-bond acceptors (Lipinski definition) is 9. The lowest BCUT2D eigenvalue weighted by Gasteiger charge is -2.25.